The Hall–Kier alpha value is -1.39. The normalized spacial score (nSPS) is 18.7. The van der Waals surface area contributed by atoms with Crippen LogP contribution in [0.15, 0.2) is 18.2 Å². The summed E-state index contributed by atoms with van der Waals surface area (Å²) in [5.74, 6) is 1.39. The first kappa shape index (κ1) is 18.0. The van der Waals surface area contributed by atoms with E-state index in [9.17, 15) is 4.79 Å². The predicted molar refractivity (Wildman–Crippen MR) is 92.5 cm³/mol. The lowest BCUT2D eigenvalue weighted by molar-refractivity contribution is 0.109. The van der Waals surface area contributed by atoms with Crippen LogP contribution in [0.3, 0.4) is 0 Å². The number of benzene rings is 1. The van der Waals surface area contributed by atoms with E-state index >= 15 is 0 Å². The van der Waals surface area contributed by atoms with E-state index in [1.165, 1.54) is 37.7 Å². The fourth-order valence-corrected chi connectivity index (χ4v) is 3.23. The number of morpholine rings is 1. The maximum absolute atomic E-state index is 11.1. The summed E-state index contributed by atoms with van der Waals surface area (Å²) in [7, 11) is 0. The first-order valence-corrected chi connectivity index (χ1v) is 8.86. The highest BCUT2D eigenvalue weighted by Crippen LogP contribution is 2.38. The molecule has 1 aliphatic carbocycles. The van der Waals surface area contributed by atoms with Gasteiger partial charge in [-0.3, -0.25) is 4.79 Å². The van der Waals surface area contributed by atoms with Crippen molar-refractivity contribution >= 4 is 6.29 Å². The van der Waals surface area contributed by atoms with Crippen LogP contribution >= 0.6 is 0 Å². The highest BCUT2D eigenvalue weighted by Gasteiger charge is 2.20. The third-order valence-corrected chi connectivity index (χ3v) is 4.38. The molecule has 0 aromatic heterocycles. The zero-order valence-electron chi connectivity index (χ0n) is 14.2. The third-order valence-electron chi connectivity index (χ3n) is 4.38. The molecule has 0 spiro atoms. The number of nitrogens with one attached hydrogen (secondary N) is 1. The Balaban J connectivity index is 0.000000268. The predicted octanol–water partition coefficient (Wildman–Crippen LogP) is 3.55. The molecule has 1 aromatic rings. The monoisotopic (exact) mass is 319 g/mol. The molecule has 0 unspecified atom stereocenters. The highest BCUT2D eigenvalue weighted by atomic mass is 16.5. The van der Waals surface area contributed by atoms with Crippen LogP contribution in [-0.2, 0) is 4.74 Å². The van der Waals surface area contributed by atoms with Crippen molar-refractivity contribution in [3.63, 3.8) is 0 Å². The molecule has 1 heterocycles. The summed E-state index contributed by atoms with van der Waals surface area (Å²) >= 11 is 0. The van der Waals surface area contributed by atoms with Gasteiger partial charge >= 0.3 is 0 Å². The van der Waals surface area contributed by atoms with Crippen molar-refractivity contribution in [3.05, 3.63) is 29.3 Å². The Morgan fingerprint density at radius 1 is 1.22 bits per heavy atom. The summed E-state index contributed by atoms with van der Waals surface area (Å²) in [5, 5.41) is 3.16. The minimum Gasteiger partial charge on any atom is -0.493 e. The van der Waals surface area contributed by atoms with Gasteiger partial charge in [-0.1, -0.05) is 31.4 Å². The van der Waals surface area contributed by atoms with Crippen LogP contribution in [0.2, 0.25) is 0 Å². The lowest BCUT2D eigenvalue weighted by Crippen LogP contribution is -2.30. The van der Waals surface area contributed by atoms with Crippen molar-refractivity contribution in [2.45, 2.75) is 44.9 Å². The molecular weight excluding hydrogens is 290 g/mol. The lowest BCUT2D eigenvalue weighted by Gasteiger charge is -2.24. The van der Waals surface area contributed by atoms with Crippen molar-refractivity contribution in [1.82, 2.24) is 5.32 Å². The van der Waals surface area contributed by atoms with E-state index in [-0.39, 0.29) is 0 Å². The quantitative estimate of drug-likeness (QED) is 0.862. The third kappa shape index (κ3) is 5.63. The second-order valence-electron chi connectivity index (χ2n) is 6.01. The van der Waals surface area contributed by atoms with E-state index in [4.69, 9.17) is 9.47 Å². The molecule has 1 saturated heterocycles. The van der Waals surface area contributed by atoms with Crippen LogP contribution in [-0.4, -0.2) is 39.2 Å². The van der Waals surface area contributed by atoms with Crippen LogP contribution in [0, 0.1) is 0 Å². The van der Waals surface area contributed by atoms with Gasteiger partial charge in [0.15, 0.2) is 6.29 Å². The van der Waals surface area contributed by atoms with Gasteiger partial charge < -0.3 is 14.8 Å². The largest absolute Gasteiger partial charge is 0.493 e. The van der Waals surface area contributed by atoms with Gasteiger partial charge in [0, 0.05) is 13.1 Å². The molecule has 4 nitrogen and oxygen atoms in total. The van der Waals surface area contributed by atoms with Crippen molar-refractivity contribution in [3.8, 4) is 5.75 Å². The fraction of sp³-hybridized carbons (Fsp3) is 0.632. The Kier molecular flexibility index (Phi) is 8.12. The summed E-state index contributed by atoms with van der Waals surface area (Å²) in [6.07, 6.45) is 7.28. The summed E-state index contributed by atoms with van der Waals surface area (Å²) < 4.78 is 10.7. The van der Waals surface area contributed by atoms with Crippen LogP contribution in [0.25, 0.3) is 0 Å². The molecule has 3 rings (SSSR count). The number of carbonyl (C=O) groups is 1. The number of hydrogen-bond acceptors (Lipinski definition) is 4. The summed E-state index contributed by atoms with van der Waals surface area (Å²) in [4.78, 5) is 11.1. The van der Waals surface area contributed by atoms with E-state index in [0.717, 1.165) is 38.3 Å². The van der Waals surface area contributed by atoms with Gasteiger partial charge in [-0.05, 0) is 37.3 Å². The fourth-order valence-electron chi connectivity index (χ4n) is 3.23. The summed E-state index contributed by atoms with van der Waals surface area (Å²) in [6.45, 7) is 6.41. The molecule has 1 N–H and O–H groups in total. The molecule has 0 bridgehead atoms. The van der Waals surface area contributed by atoms with Gasteiger partial charge in [-0.15, -0.1) is 0 Å². The summed E-state index contributed by atoms with van der Waals surface area (Å²) in [6, 6.07) is 5.93. The molecule has 1 aromatic carbocycles. The van der Waals surface area contributed by atoms with Crippen LogP contribution in [0.1, 0.15) is 60.9 Å². The number of para-hydroxylation sites is 1. The first-order valence-electron chi connectivity index (χ1n) is 8.86. The van der Waals surface area contributed by atoms with E-state index in [1.54, 1.807) is 0 Å². The molecule has 0 atom stereocenters. The van der Waals surface area contributed by atoms with E-state index in [1.807, 2.05) is 19.1 Å². The maximum Gasteiger partial charge on any atom is 0.153 e. The Labute approximate surface area is 139 Å². The smallest absolute Gasteiger partial charge is 0.153 e. The molecule has 1 saturated carbocycles. The van der Waals surface area contributed by atoms with E-state index in [0.29, 0.717) is 18.1 Å². The molecule has 4 heteroatoms. The molecule has 128 valence electrons. The minimum atomic E-state index is 0.574. The Morgan fingerprint density at radius 3 is 2.48 bits per heavy atom. The van der Waals surface area contributed by atoms with Gasteiger partial charge in [0.2, 0.25) is 0 Å². The van der Waals surface area contributed by atoms with Crippen molar-refractivity contribution in [2.75, 3.05) is 32.9 Å². The van der Waals surface area contributed by atoms with Gasteiger partial charge in [0.25, 0.3) is 0 Å². The van der Waals surface area contributed by atoms with Gasteiger partial charge in [0.1, 0.15) is 5.75 Å². The number of hydrogen-bond donors (Lipinski definition) is 1. The SMILES string of the molecule is C1COCCN1.CCOc1c(C=O)cccc1C1CCCCC1. The molecule has 0 amide bonds. The molecule has 0 radical (unpaired) electrons. The van der Waals surface area contributed by atoms with Gasteiger partial charge in [-0.25, -0.2) is 0 Å². The number of ether oxygens (including phenoxy) is 2. The topological polar surface area (TPSA) is 47.6 Å². The number of rotatable bonds is 4. The average Bonchev–Trinajstić information content (AvgIpc) is 2.65. The average molecular weight is 319 g/mol. The first-order chi connectivity index (χ1) is 11.4. The molecule has 2 fully saturated rings. The highest BCUT2D eigenvalue weighted by molar-refractivity contribution is 5.80. The zero-order valence-corrected chi connectivity index (χ0v) is 14.2. The summed E-state index contributed by atoms with van der Waals surface area (Å²) in [5.41, 5.74) is 1.92. The maximum atomic E-state index is 11.1. The Morgan fingerprint density at radius 2 is 1.96 bits per heavy atom. The zero-order chi connectivity index (χ0) is 16.3. The van der Waals surface area contributed by atoms with Gasteiger partial charge in [-0.2, -0.15) is 0 Å². The number of carbonyl (C=O) groups excluding carboxylic acids is 1. The second-order valence-corrected chi connectivity index (χ2v) is 6.01. The molecule has 23 heavy (non-hydrogen) atoms. The van der Waals surface area contributed by atoms with Crippen LogP contribution < -0.4 is 10.1 Å². The molecular formula is C19H29NO3. The lowest BCUT2D eigenvalue weighted by atomic mass is 9.83. The van der Waals surface area contributed by atoms with Gasteiger partial charge in [0.05, 0.1) is 25.4 Å². The number of aldehydes is 1. The van der Waals surface area contributed by atoms with Crippen LogP contribution in [0.4, 0.5) is 0 Å². The van der Waals surface area contributed by atoms with E-state index < -0.39 is 0 Å². The standard InChI is InChI=1S/C15H20O2.C4H9NO/c1-2-17-15-13(11-16)9-6-10-14(15)12-7-4-3-5-8-12;1-3-6-4-2-5-1/h6,9-12H,2-5,7-8H2,1H3;5H,1-4H2. The Bertz CT molecular complexity index is 454. The van der Waals surface area contributed by atoms with Crippen molar-refractivity contribution in [2.24, 2.45) is 0 Å². The molecule has 1 aliphatic heterocycles. The second kappa shape index (κ2) is 10.4. The van der Waals surface area contributed by atoms with Crippen LogP contribution in [0.5, 0.6) is 5.75 Å². The van der Waals surface area contributed by atoms with Crippen molar-refractivity contribution in [1.29, 1.82) is 0 Å². The molecule has 2 aliphatic rings. The van der Waals surface area contributed by atoms with E-state index in [2.05, 4.69) is 11.4 Å². The minimum absolute atomic E-state index is 0.574. The van der Waals surface area contributed by atoms with Crippen molar-refractivity contribution < 1.29 is 14.3 Å².